The number of likely N-dealkylation sites (N-methyl/N-ethyl adjacent to an activating group) is 1. The van der Waals surface area contributed by atoms with Crippen LogP contribution in [0.15, 0.2) is 48.5 Å². The van der Waals surface area contributed by atoms with Gasteiger partial charge < -0.3 is 25.4 Å². The Kier molecular flexibility index (Phi) is 7.84. The molecule has 1 atom stereocenters. The normalized spacial score (nSPS) is 14.9. The van der Waals surface area contributed by atoms with Gasteiger partial charge in [0.05, 0.1) is 12.3 Å². The maximum absolute atomic E-state index is 12.9. The van der Waals surface area contributed by atoms with Crippen molar-refractivity contribution in [1.82, 2.24) is 10.6 Å². The predicted octanol–water partition coefficient (Wildman–Crippen LogP) is 0.619. The fourth-order valence-electron chi connectivity index (χ4n) is 3.17. The second-order valence-corrected chi connectivity index (χ2v) is 7.18. The Morgan fingerprint density at radius 1 is 1.19 bits per heavy atom. The Bertz CT molecular complexity index is 1040. The molecule has 0 aromatic heterocycles. The Morgan fingerprint density at radius 3 is 2.72 bits per heavy atom. The number of amides is 3. The number of anilines is 1. The maximum atomic E-state index is 12.9. The van der Waals surface area contributed by atoms with E-state index >= 15 is 0 Å². The number of nitrogens with zero attached hydrogens (tertiary/aromatic N) is 1. The molecule has 3 amide bonds. The molecule has 8 heteroatoms. The first-order chi connectivity index (χ1) is 15.5. The van der Waals surface area contributed by atoms with Gasteiger partial charge in [-0.2, -0.15) is 0 Å². The summed E-state index contributed by atoms with van der Waals surface area (Å²) in [5, 5.41) is 13.9. The van der Waals surface area contributed by atoms with Gasteiger partial charge >= 0.3 is 11.8 Å². The van der Waals surface area contributed by atoms with E-state index in [2.05, 4.69) is 22.5 Å². The molecule has 3 N–H and O–H groups in total. The minimum atomic E-state index is -1.01. The van der Waals surface area contributed by atoms with E-state index in [1.54, 1.807) is 25.2 Å². The molecule has 0 spiro atoms. The number of aliphatic hydroxyl groups excluding tert-OH is 1. The zero-order valence-electron chi connectivity index (χ0n) is 17.8. The molecule has 0 saturated carbocycles. The van der Waals surface area contributed by atoms with E-state index in [1.807, 2.05) is 30.3 Å². The van der Waals surface area contributed by atoms with E-state index in [4.69, 9.17) is 9.84 Å². The average Bonchev–Trinajstić information content (AvgIpc) is 2.92. The molecular weight excluding hydrogens is 410 g/mol. The summed E-state index contributed by atoms with van der Waals surface area (Å²) in [6.45, 7) is 0.173. The largest absolute Gasteiger partial charge is 0.489 e. The lowest BCUT2D eigenvalue weighted by atomic mass is 10.1. The molecular formula is C24H25N3O5. The molecule has 2 aromatic rings. The van der Waals surface area contributed by atoms with Crippen LogP contribution >= 0.6 is 0 Å². The van der Waals surface area contributed by atoms with Crippen molar-refractivity contribution in [3.8, 4) is 17.6 Å². The first-order valence-electron chi connectivity index (χ1n) is 10.3. The van der Waals surface area contributed by atoms with E-state index in [1.165, 1.54) is 4.90 Å². The van der Waals surface area contributed by atoms with Crippen LogP contribution in [0.1, 0.15) is 17.5 Å². The van der Waals surface area contributed by atoms with Crippen LogP contribution in [0.4, 0.5) is 5.69 Å². The van der Waals surface area contributed by atoms with Crippen LogP contribution in [0.25, 0.3) is 0 Å². The fourth-order valence-corrected chi connectivity index (χ4v) is 3.17. The van der Waals surface area contributed by atoms with Gasteiger partial charge in [-0.25, -0.2) is 0 Å². The monoisotopic (exact) mass is 435 g/mol. The molecule has 1 heterocycles. The lowest BCUT2D eigenvalue weighted by molar-refractivity contribution is -0.140. The van der Waals surface area contributed by atoms with Crippen LogP contribution in [-0.4, -0.2) is 55.7 Å². The van der Waals surface area contributed by atoms with E-state index in [0.29, 0.717) is 36.4 Å². The summed E-state index contributed by atoms with van der Waals surface area (Å²) in [4.78, 5) is 38.7. The third-order valence-electron chi connectivity index (χ3n) is 4.88. The van der Waals surface area contributed by atoms with Gasteiger partial charge in [0.1, 0.15) is 18.4 Å². The van der Waals surface area contributed by atoms with Gasteiger partial charge in [-0.05, 0) is 30.2 Å². The minimum Gasteiger partial charge on any atom is -0.489 e. The highest BCUT2D eigenvalue weighted by atomic mass is 16.5. The molecule has 0 fully saturated rings. The van der Waals surface area contributed by atoms with Crippen LogP contribution in [0, 0.1) is 11.8 Å². The van der Waals surface area contributed by atoms with Crippen LogP contribution in [0.2, 0.25) is 0 Å². The SMILES string of the molecule is CN1C(=O)[C@@H](NC(=O)C(=O)NCCc2ccccc2)COc2ccc(C#CCCO)cc21. The minimum absolute atomic E-state index is 0.0271. The summed E-state index contributed by atoms with van der Waals surface area (Å²) in [5.41, 5.74) is 2.22. The number of ether oxygens (including phenoxy) is 1. The lowest BCUT2D eigenvalue weighted by Gasteiger charge is -2.20. The first-order valence-corrected chi connectivity index (χ1v) is 10.3. The molecule has 0 bridgehead atoms. The second-order valence-electron chi connectivity index (χ2n) is 7.18. The van der Waals surface area contributed by atoms with E-state index in [-0.39, 0.29) is 13.2 Å². The van der Waals surface area contributed by atoms with Gasteiger partial charge in [0.15, 0.2) is 0 Å². The maximum Gasteiger partial charge on any atom is 0.310 e. The zero-order valence-corrected chi connectivity index (χ0v) is 17.8. The molecule has 8 nitrogen and oxygen atoms in total. The molecule has 32 heavy (non-hydrogen) atoms. The highest BCUT2D eigenvalue weighted by molar-refractivity contribution is 6.35. The number of fused-ring (bicyclic) bond motifs is 1. The van der Waals surface area contributed by atoms with E-state index in [0.717, 1.165) is 5.56 Å². The lowest BCUT2D eigenvalue weighted by Crippen LogP contribution is -2.53. The van der Waals surface area contributed by atoms with Crippen molar-refractivity contribution in [2.45, 2.75) is 18.9 Å². The Morgan fingerprint density at radius 2 is 1.97 bits per heavy atom. The third kappa shape index (κ3) is 5.86. The second kappa shape index (κ2) is 11.0. The van der Waals surface area contributed by atoms with Crippen molar-refractivity contribution in [2.24, 2.45) is 0 Å². The molecule has 0 unspecified atom stereocenters. The van der Waals surface area contributed by atoms with Crippen molar-refractivity contribution in [2.75, 3.05) is 31.7 Å². The standard InChI is InChI=1S/C24H25N3O5/c1-27-20-15-18(9-5-6-14-28)10-11-21(20)32-16-19(24(27)31)26-23(30)22(29)25-13-12-17-7-3-2-4-8-17/h2-4,7-8,10-11,15,19,28H,6,12-14,16H2,1H3,(H,25,29)(H,26,30)/t19-/m0/s1. The summed E-state index contributed by atoms with van der Waals surface area (Å²) < 4.78 is 5.71. The van der Waals surface area contributed by atoms with Crippen molar-refractivity contribution >= 4 is 23.4 Å². The molecule has 3 rings (SSSR count). The number of aliphatic hydroxyl groups is 1. The molecule has 1 aliphatic rings. The Hall–Kier alpha value is -3.83. The van der Waals surface area contributed by atoms with Gasteiger partial charge in [-0.3, -0.25) is 14.4 Å². The van der Waals surface area contributed by atoms with Gasteiger partial charge in [0.25, 0.3) is 5.91 Å². The summed E-state index contributed by atoms with van der Waals surface area (Å²) in [5.74, 6) is 4.11. The van der Waals surface area contributed by atoms with Crippen molar-refractivity contribution in [3.05, 3.63) is 59.7 Å². The van der Waals surface area contributed by atoms with Crippen LogP contribution in [-0.2, 0) is 20.8 Å². The number of carbonyl (C=O) groups excluding carboxylic acids is 3. The molecule has 0 saturated heterocycles. The van der Waals surface area contributed by atoms with Crippen molar-refractivity contribution in [3.63, 3.8) is 0 Å². The Labute approximate surface area is 186 Å². The van der Waals surface area contributed by atoms with Crippen molar-refractivity contribution < 1.29 is 24.2 Å². The molecule has 1 aliphatic heterocycles. The summed E-state index contributed by atoms with van der Waals surface area (Å²) in [6.07, 6.45) is 0.941. The highest BCUT2D eigenvalue weighted by Crippen LogP contribution is 2.31. The Balaban J connectivity index is 1.59. The predicted molar refractivity (Wildman–Crippen MR) is 119 cm³/mol. The van der Waals surface area contributed by atoms with Gasteiger partial charge in [-0.15, -0.1) is 0 Å². The van der Waals surface area contributed by atoms with Crippen LogP contribution in [0.3, 0.4) is 0 Å². The number of benzene rings is 2. The summed E-state index contributed by atoms with van der Waals surface area (Å²) >= 11 is 0. The average molecular weight is 435 g/mol. The fraction of sp³-hybridized carbons (Fsp3) is 0.292. The van der Waals surface area contributed by atoms with Gasteiger partial charge in [-0.1, -0.05) is 42.2 Å². The van der Waals surface area contributed by atoms with Crippen LogP contribution < -0.4 is 20.3 Å². The first kappa shape index (κ1) is 22.8. The summed E-state index contributed by atoms with van der Waals surface area (Å²) in [6, 6.07) is 13.7. The number of rotatable bonds is 5. The number of nitrogens with one attached hydrogen (secondary N) is 2. The zero-order chi connectivity index (χ0) is 22.9. The quantitative estimate of drug-likeness (QED) is 0.471. The number of hydrogen-bond acceptors (Lipinski definition) is 5. The smallest absolute Gasteiger partial charge is 0.310 e. The molecule has 0 aliphatic carbocycles. The number of hydrogen-bond donors (Lipinski definition) is 3. The highest BCUT2D eigenvalue weighted by Gasteiger charge is 2.32. The topological polar surface area (TPSA) is 108 Å². The number of carbonyl (C=O) groups is 3. The van der Waals surface area contributed by atoms with Gasteiger partial charge in [0.2, 0.25) is 0 Å². The van der Waals surface area contributed by atoms with Crippen LogP contribution in [0.5, 0.6) is 5.75 Å². The molecule has 0 radical (unpaired) electrons. The third-order valence-corrected chi connectivity index (χ3v) is 4.88. The summed E-state index contributed by atoms with van der Waals surface area (Å²) in [7, 11) is 1.57. The van der Waals surface area contributed by atoms with Crippen molar-refractivity contribution in [1.29, 1.82) is 0 Å². The molecule has 166 valence electrons. The molecule has 2 aromatic carbocycles. The van der Waals surface area contributed by atoms with E-state index < -0.39 is 23.8 Å². The van der Waals surface area contributed by atoms with E-state index in [9.17, 15) is 14.4 Å². The van der Waals surface area contributed by atoms with Gasteiger partial charge in [0, 0.05) is 25.6 Å².